The fourth-order valence-corrected chi connectivity index (χ4v) is 6.18. The molecule has 0 spiro atoms. The van der Waals surface area contributed by atoms with Gasteiger partial charge in [0.25, 0.3) is 0 Å². The van der Waals surface area contributed by atoms with E-state index in [1.54, 1.807) is 0 Å². The van der Waals surface area contributed by atoms with E-state index in [4.69, 9.17) is 4.84 Å². The van der Waals surface area contributed by atoms with Gasteiger partial charge in [-0.1, -0.05) is 108 Å². The molecule has 260 valence electrons. The topological polar surface area (TPSA) is 84.8 Å². The van der Waals surface area contributed by atoms with E-state index in [2.05, 4.69) is 94.1 Å². The third kappa shape index (κ3) is 14.3. The number of fused-ring (bicyclic) bond motifs is 3. The van der Waals surface area contributed by atoms with Crippen molar-refractivity contribution in [3.8, 4) is 11.1 Å². The molecule has 47 heavy (non-hydrogen) atoms. The number of nitrogens with zero attached hydrogens (tertiary/aromatic N) is 1. The van der Waals surface area contributed by atoms with Crippen molar-refractivity contribution in [2.75, 3.05) is 0 Å². The van der Waals surface area contributed by atoms with Gasteiger partial charge >= 0.3 is 0 Å². The molecule has 1 saturated carbocycles. The van der Waals surface area contributed by atoms with Crippen molar-refractivity contribution >= 4 is 32.9 Å². The fourth-order valence-electron chi connectivity index (χ4n) is 3.76. The van der Waals surface area contributed by atoms with Gasteiger partial charge in [-0.3, -0.25) is 4.79 Å². The summed E-state index contributed by atoms with van der Waals surface area (Å²) in [4.78, 5) is 17.5. The second kappa shape index (κ2) is 19.7. The highest BCUT2D eigenvalue weighted by atomic mass is 32.2. The molecule has 2 aliphatic carbocycles. The molecule has 0 amide bonds. The van der Waals surface area contributed by atoms with Gasteiger partial charge in [0.1, 0.15) is 11.8 Å². The van der Waals surface area contributed by atoms with Crippen LogP contribution in [0.15, 0.2) is 84.4 Å². The van der Waals surface area contributed by atoms with Crippen molar-refractivity contribution in [3.63, 3.8) is 0 Å². The average molecular weight is 683 g/mol. The number of oxime groups is 1. The number of sulfonamides is 1. The normalized spacial score (nSPS) is 13.1. The van der Waals surface area contributed by atoms with Crippen LogP contribution >= 0.6 is 11.3 Å². The van der Waals surface area contributed by atoms with Crippen LogP contribution in [0.4, 0.5) is 0 Å². The molecule has 0 atom stereocenters. The molecule has 5 rings (SSSR count). The molecule has 3 aromatic rings. The number of ketones is 1. The van der Waals surface area contributed by atoms with Crippen molar-refractivity contribution in [1.82, 2.24) is 4.72 Å². The van der Waals surface area contributed by atoms with Gasteiger partial charge in [-0.2, -0.15) is 0 Å². The van der Waals surface area contributed by atoms with E-state index in [9.17, 15) is 13.2 Å². The van der Waals surface area contributed by atoms with Crippen LogP contribution in [0.25, 0.3) is 11.1 Å². The number of thiophene rings is 1. The molecule has 1 N–H and O–H groups in total. The van der Waals surface area contributed by atoms with Crippen LogP contribution in [0.1, 0.15) is 110 Å². The van der Waals surface area contributed by atoms with Crippen molar-refractivity contribution in [2.24, 2.45) is 22.4 Å². The first kappa shape index (κ1) is 42.0. The Balaban J connectivity index is 0.000000330. The Morgan fingerprint density at radius 3 is 1.60 bits per heavy atom. The maximum atomic E-state index is 11.2. The summed E-state index contributed by atoms with van der Waals surface area (Å²) in [6.07, 6.45) is 1.77. The van der Waals surface area contributed by atoms with Crippen molar-refractivity contribution in [1.29, 1.82) is 0 Å². The van der Waals surface area contributed by atoms with Crippen molar-refractivity contribution in [2.45, 2.75) is 106 Å². The van der Waals surface area contributed by atoms with Crippen LogP contribution in [-0.2, 0) is 14.9 Å². The number of carbonyl (C=O) groups is 1. The lowest BCUT2D eigenvalue weighted by atomic mass is 9.84. The molecule has 8 heteroatoms. The summed E-state index contributed by atoms with van der Waals surface area (Å²) < 4.78 is 24.7. The highest BCUT2D eigenvalue weighted by molar-refractivity contribution is 7.90. The standard InChI is InChI=1S/C16H15NO.C8H10OS.C7H16.C6H13NO2S.C2H4/c1-11(2)18-17-16-14-9-5-3-7-12(14)13-8-4-6-10-15(13)16;1-6(2)8(9)7-4-3-5-10-7;1-6(2)7(3,4)5;1-5(2)7-10(8,9)6-3-4-6;1-2/h3-11H,1-2H3;3-6H,1-2H3;6H,1-5H3;5-7H,3-4H2,1-2H3;1-2H2. The number of carbonyl (C=O) groups excluding carboxylic acids is 1. The van der Waals surface area contributed by atoms with Crippen LogP contribution in [0.3, 0.4) is 0 Å². The molecule has 2 aliphatic rings. The molecule has 0 aliphatic heterocycles. The number of benzene rings is 2. The molecule has 0 bridgehead atoms. The molecular weight excluding hydrogens is 625 g/mol. The van der Waals surface area contributed by atoms with Gasteiger partial charge in [0.15, 0.2) is 5.78 Å². The Morgan fingerprint density at radius 1 is 0.830 bits per heavy atom. The second-order valence-electron chi connectivity index (χ2n) is 13.7. The molecule has 0 radical (unpaired) electrons. The maximum Gasteiger partial charge on any atom is 0.214 e. The second-order valence-corrected chi connectivity index (χ2v) is 16.7. The van der Waals surface area contributed by atoms with E-state index < -0.39 is 10.0 Å². The van der Waals surface area contributed by atoms with Gasteiger partial charge in [-0.25, -0.2) is 13.1 Å². The fraction of sp³-hybridized carbons (Fsp3) is 0.487. The van der Waals surface area contributed by atoms with Crippen LogP contribution in [0, 0.1) is 17.3 Å². The smallest absolute Gasteiger partial charge is 0.214 e. The van der Waals surface area contributed by atoms with Gasteiger partial charge < -0.3 is 4.84 Å². The zero-order chi connectivity index (χ0) is 35.9. The summed E-state index contributed by atoms with van der Waals surface area (Å²) in [5.41, 5.74) is 6.21. The largest absolute Gasteiger partial charge is 0.393 e. The van der Waals surface area contributed by atoms with E-state index in [1.807, 2.05) is 71.2 Å². The molecule has 2 aromatic carbocycles. The molecular formula is C39H58N2O4S2. The van der Waals surface area contributed by atoms with Gasteiger partial charge in [0, 0.05) is 23.1 Å². The molecule has 1 heterocycles. The summed E-state index contributed by atoms with van der Waals surface area (Å²) in [5, 5.41) is 6.16. The number of hydrogen-bond acceptors (Lipinski definition) is 6. The van der Waals surface area contributed by atoms with Gasteiger partial charge in [0.2, 0.25) is 10.0 Å². The SMILES string of the molecule is C=C.CC(C)C(=O)c1cccs1.CC(C)C(C)(C)C.CC(C)NS(=O)(=O)C1CC1.CC(C)ON=C1c2ccccc2-c2ccccc21. The summed E-state index contributed by atoms with van der Waals surface area (Å²) in [6.45, 7) is 28.8. The molecule has 6 nitrogen and oxygen atoms in total. The van der Waals surface area contributed by atoms with Crippen molar-refractivity contribution in [3.05, 3.63) is 95.2 Å². The van der Waals surface area contributed by atoms with Crippen LogP contribution in [0.5, 0.6) is 0 Å². The highest BCUT2D eigenvalue weighted by Gasteiger charge is 2.35. The lowest BCUT2D eigenvalue weighted by Crippen LogP contribution is -2.32. The minimum absolute atomic E-state index is 0.0330. The van der Waals surface area contributed by atoms with Crippen LogP contribution < -0.4 is 4.72 Å². The van der Waals surface area contributed by atoms with Gasteiger partial charge in [-0.05, 0) is 74.4 Å². The monoisotopic (exact) mass is 682 g/mol. The average Bonchev–Trinajstić information content (AvgIpc) is 3.65. The Morgan fingerprint density at radius 2 is 1.28 bits per heavy atom. The van der Waals surface area contributed by atoms with Crippen LogP contribution in [0.2, 0.25) is 0 Å². The predicted octanol–water partition coefficient (Wildman–Crippen LogP) is 10.4. The van der Waals surface area contributed by atoms with Gasteiger partial charge in [0.05, 0.1) is 10.1 Å². The quantitative estimate of drug-likeness (QED) is 0.119. The van der Waals surface area contributed by atoms with Crippen molar-refractivity contribution < 1.29 is 18.0 Å². The third-order valence-corrected chi connectivity index (χ3v) is 10.4. The Kier molecular flexibility index (Phi) is 17.6. The highest BCUT2D eigenvalue weighted by Crippen LogP contribution is 2.36. The summed E-state index contributed by atoms with van der Waals surface area (Å²) >= 11 is 1.51. The molecule has 0 unspecified atom stereocenters. The van der Waals surface area contributed by atoms with E-state index >= 15 is 0 Å². The number of hydrogen-bond donors (Lipinski definition) is 1. The predicted molar refractivity (Wildman–Crippen MR) is 203 cm³/mol. The van der Waals surface area contributed by atoms with Crippen LogP contribution in [-0.4, -0.2) is 37.3 Å². The number of rotatable bonds is 7. The Labute approximate surface area is 289 Å². The number of Topliss-reactive ketones (excluding diaryl/α,β-unsaturated/α-hetero) is 1. The first-order chi connectivity index (χ1) is 22.0. The number of nitrogens with one attached hydrogen (secondary N) is 1. The lowest BCUT2D eigenvalue weighted by molar-refractivity contribution is 0.0863. The molecule has 1 aromatic heterocycles. The molecule has 1 fully saturated rings. The zero-order valence-electron chi connectivity index (χ0n) is 30.5. The Hall–Kier alpha value is -3.07. The summed E-state index contributed by atoms with van der Waals surface area (Å²) in [6, 6.07) is 20.4. The van der Waals surface area contributed by atoms with Gasteiger partial charge in [-0.15, -0.1) is 24.5 Å². The van der Waals surface area contributed by atoms with E-state index in [-0.39, 0.29) is 29.1 Å². The minimum atomic E-state index is -2.94. The molecule has 0 saturated heterocycles. The zero-order valence-corrected chi connectivity index (χ0v) is 32.1. The Bertz CT molecular complexity index is 1450. The summed E-state index contributed by atoms with van der Waals surface area (Å²) in [5.74, 6) is 1.17. The first-order valence-electron chi connectivity index (χ1n) is 16.5. The first-order valence-corrected chi connectivity index (χ1v) is 18.9. The minimum Gasteiger partial charge on any atom is -0.393 e. The van der Waals surface area contributed by atoms with E-state index in [0.29, 0.717) is 5.41 Å². The van der Waals surface area contributed by atoms with E-state index in [1.165, 1.54) is 22.5 Å². The third-order valence-electron chi connectivity index (χ3n) is 7.39. The maximum absolute atomic E-state index is 11.2. The summed E-state index contributed by atoms with van der Waals surface area (Å²) in [7, 11) is -2.94. The lowest BCUT2D eigenvalue weighted by Gasteiger charge is -2.22. The van der Waals surface area contributed by atoms with E-state index in [0.717, 1.165) is 40.5 Å².